The van der Waals surface area contributed by atoms with Crippen LogP contribution in [0.15, 0.2) is 37.0 Å². The Bertz CT molecular complexity index is 1320. The minimum Gasteiger partial charge on any atom is -0.340 e. The number of halogens is 4. The standard InChI is InChI=1S/C24H25F3N5OP.ClH/c1-15-17-8-4-2-6-16(17)7-3-5-9-19-31-18-14-29-23(34(33)12-10-28-11-13-34)21(24(25,26)27)20(18)22(30-15)32-19;/h2,4,6,8,14,28H,1,3,5,7,9-13H2,(H,30,31,32);1H. The van der Waals surface area contributed by atoms with Crippen LogP contribution in [0.25, 0.3) is 16.6 Å². The lowest BCUT2D eigenvalue weighted by Gasteiger charge is -2.26. The monoisotopic (exact) mass is 523 g/mol. The van der Waals surface area contributed by atoms with Crippen LogP contribution in [0.3, 0.4) is 0 Å². The average molecular weight is 524 g/mol. The Kier molecular flexibility index (Phi) is 7.23. The highest BCUT2D eigenvalue weighted by molar-refractivity contribution is 7.71. The lowest BCUT2D eigenvalue weighted by molar-refractivity contribution is -0.135. The van der Waals surface area contributed by atoms with Crippen molar-refractivity contribution in [2.24, 2.45) is 0 Å². The van der Waals surface area contributed by atoms with Gasteiger partial charge in [0.1, 0.15) is 24.2 Å². The van der Waals surface area contributed by atoms with Crippen LogP contribution in [-0.4, -0.2) is 40.4 Å². The molecule has 3 aromatic rings. The number of fused-ring (bicyclic) bond motifs is 5. The van der Waals surface area contributed by atoms with Gasteiger partial charge in [0.25, 0.3) is 0 Å². The Morgan fingerprint density at radius 2 is 1.74 bits per heavy atom. The molecule has 2 N–H and O–H groups in total. The first kappa shape index (κ1) is 25.6. The summed E-state index contributed by atoms with van der Waals surface area (Å²) >= 11 is 0. The van der Waals surface area contributed by atoms with Gasteiger partial charge in [0, 0.05) is 43.1 Å². The van der Waals surface area contributed by atoms with Crippen molar-refractivity contribution >= 4 is 47.4 Å². The molecule has 1 aromatic carbocycles. The van der Waals surface area contributed by atoms with Gasteiger partial charge in [-0.25, -0.2) is 9.97 Å². The van der Waals surface area contributed by atoms with Gasteiger partial charge in [-0.15, -0.1) is 12.4 Å². The van der Waals surface area contributed by atoms with E-state index < -0.39 is 18.9 Å². The van der Waals surface area contributed by atoms with Crippen molar-refractivity contribution in [2.75, 3.05) is 30.7 Å². The van der Waals surface area contributed by atoms with E-state index in [0.29, 0.717) is 31.0 Å². The second-order valence-electron chi connectivity index (χ2n) is 8.76. The fourth-order valence-electron chi connectivity index (χ4n) is 4.75. The van der Waals surface area contributed by atoms with Crippen LogP contribution >= 0.6 is 19.5 Å². The van der Waals surface area contributed by atoms with E-state index in [1.165, 1.54) is 6.20 Å². The Hall–Kier alpha value is -2.48. The summed E-state index contributed by atoms with van der Waals surface area (Å²) in [6.45, 7) is 4.89. The predicted octanol–water partition coefficient (Wildman–Crippen LogP) is 5.02. The Labute approximate surface area is 207 Å². The summed E-state index contributed by atoms with van der Waals surface area (Å²) in [6.07, 6.45) is -0.149. The number of pyridine rings is 1. The normalized spacial score (nSPS) is 18.1. The smallest absolute Gasteiger partial charge is 0.340 e. The predicted molar refractivity (Wildman–Crippen MR) is 135 cm³/mol. The largest absolute Gasteiger partial charge is 0.419 e. The van der Waals surface area contributed by atoms with E-state index >= 15 is 0 Å². The molecule has 2 aliphatic heterocycles. The lowest BCUT2D eigenvalue weighted by Crippen LogP contribution is -2.35. The molecule has 186 valence electrons. The molecule has 2 aliphatic rings. The van der Waals surface area contributed by atoms with Crippen molar-refractivity contribution in [1.29, 1.82) is 0 Å². The van der Waals surface area contributed by atoms with Gasteiger partial charge in [-0.1, -0.05) is 30.8 Å². The second-order valence-corrected chi connectivity index (χ2v) is 11.9. The molecule has 0 aliphatic carbocycles. The number of nitrogens with zero attached hydrogens (tertiary/aromatic N) is 3. The van der Waals surface area contributed by atoms with Crippen LogP contribution in [0.1, 0.15) is 35.4 Å². The number of rotatable bonds is 1. The number of nitrogens with one attached hydrogen (secondary N) is 2. The third-order valence-corrected chi connectivity index (χ3v) is 9.45. The third-order valence-electron chi connectivity index (χ3n) is 6.44. The van der Waals surface area contributed by atoms with Gasteiger partial charge in [0.05, 0.1) is 22.7 Å². The number of aromatic nitrogens is 3. The molecule has 0 unspecified atom stereocenters. The van der Waals surface area contributed by atoms with Gasteiger partial charge in [0.2, 0.25) is 0 Å². The quantitative estimate of drug-likeness (QED) is 0.436. The van der Waals surface area contributed by atoms with Crippen LogP contribution < -0.4 is 16.1 Å². The minimum atomic E-state index is -4.78. The van der Waals surface area contributed by atoms with E-state index in [1.807, 2.05) is 24.3 Å². The summed E-state index contributed by atoms with van der Waals surface area (Å²) in [7, 11) is -3.34. The molecule has 6 nitrogen and oxygen atoms in total. The highest BCUT2D eigenvalue weighted by atomic mass is 35.5. The van der Waals surface area contributed by atoms with Gasteiger partial charge < -0.3 is 15.2 Å². The van der Waals surface area contributed by atoms with Crippen molar-refractivity contribution in [3.05, 3.63) is 59.6 Å². The van der Waals surface area contributed by atoms with E-state index in [0.717, 1.165) is 30.4 Å². The number of aryl methyl sites for hydroxylation is 2. The maximum Gasteiger partial charge on any atom is 0.419 e. The molecule has 0 saturated carbocycles. The molecule has 2 aromatic heterocycles. The molecule has 0 amide bonds. The number of anilines is 1. The first-order valence-electron chi connectivity index (χ1n) is 11.4. The molecule has 1 saturated heterocycles. The van der Waals surface area contributed by atoms with Gasteiger partial charge in [-0.2, -0.15) is 13.2 Å². The molecule has 0 atom stereocenters. The maximum atomic E-state index is 14.6. The molecule has 11 heteroatoms. The fraction of sp³-hybridized carbons (Fsp3) is 0.375. The highest BCUT2D eigenvalue weighted by Gasteiger charge is 2.44. The van der Waals surface area contributed by atoms with Crippen LogP contribution in [-0.2, 0) is 23.6 Å². The van der Waals surface area contributed by atoms with Gasteiger partial charge >= 0.3 is 6.18 Å². The number of hydrogen-bond donors (Lipinski definition) is 2. The van der Waals surface area contributed by atoms with Crippen molar-refractivity contribution < 1.29 is 17.7 Å². The van der Waals surface area contributed by atoms with Crippen LogP contribution in [0.4, 0.5) is 19.0 Å². The Balaban J connectivity index is 0.00000289. The minimum absolute atomic E-state index is 0. The molecule has 0 spiro atoms. The first-order valence-corrected chi connectivity index (χ1v) is 13.4. The van der Waals surface area contributed by atoms with Crippen LogP contribution in [0.5, 0.6) is 0 Å². The summed E-state index contributed by atoms with van der Waals surface area (Å²) < 4.78 is 57.4. The van der Waals surface area contributed by atoms with Gasteiger partial charge in [-0.3, -0.25) is 4.98 Å². The van der Waals surface area contributed by atoms with Gasteiger partial charge in [-0.05, 0) is 24.8 Å². The summed E-state index contributed by atoms with van der Waals surface area (Å²) in [5.41, 5.74) is 1.09. The Morgan fingerprint density at radius 1 is 1.03 bits per heavy atom. The zero-order valence-electron chi connectivity index (χ0n) is 19.0. The van der Waals surface area contributed by atoms with E-state index in [-0.39, 0.29) is 46.9 Å². The second kappa shape index (κ2) is 9.88. The van der Waals surface area contributed by atoms with Crippen molar-refractivity contribution in [2.45, 2.75) is 31.9 Å². The topological polar surface area (TPSA) is 79.8 Å². The van der Waals surface area contributed by atoms with E-state index in [4.69, 9.17) is 0 Å². The molecule has 35 heavy (non-hydrogen) atoms. The van der Waals surface area contributed by atoms with Crippen molar-refractivity contribution in [1.82, 2.24) is 20.3 Å². The molecule has 1 fully saturated rings. The van der Waals surface area contributed by atoms with Crippen LogP contribution in [0, 0.1) is 0 Å². The average Bonchev–Trinajstić information content (AvgIpc) is 2.83. The van der Waals surface area contributed by atoms with Crippen molar-refractivity contribution in [3.8, 4) is 0 Å². The number of benzene rings is 1. The SMILES string of the molecule is C=C1Nc2nc(nc3cnc(P4(=O)CCNCC4)c(C(F)(F)F)c23)CCCCc2ccccc21.Cl. The Morgan fingerprint density at radius 3 is 2.49 bits per heavy atom. The zero-order valence-corrected chi connectivity index (χ0v) is 20.7. The van der Waals surface area contributed by atoms with E-state index in [2.05, 4.69) is 32.2 Å². The highest BCUT2D eigenvalue weighted by Crippen LogP contribution is 2.49. The molecule has 0 radical (unpaired) electrons. The fourth-order valence-corrected chi connectivity index (χ4v) is 7.35. The van der Waals surface area contributed by atoms with E-state index in [1.54, 1.807) is 0 Å². The number of alkyl halides is 3. The van der Waals surface area contributed by atoms with Crippen LogP contribution in [0.2, 0.25) is 0 Å². The lowest BCUT2D eigenvalue weighted by atomic mass is 9.99. The first-order chi connectivity index (χ1) is 16.3. The molecule has 5 rings (SSSR count). The van der Waals surface area contributed by atoms with E-state index in [9.17, 15) is 17.7 Å². The van der Waals surface area contributed by atoms with Crippen molar-refractivity contribution in [3.63, 3.8) is 0 Å². The third kappa shape index (κ3) is 4.95. The molecular weight excluding hydrogens is 498 g/mol. The summed E-state index contributed by atoms with van der Waals surface area (Å²) in [5.74, 6) is 0.476. The molecule has 4 heterocycles. The zero-order chi connectivity index (χ0) is 23.9. The van der Waals surface area contributed by atoms with Gasteiger partial charge in [0.15, 0.2) is 0 Å². The summed E-state index contributed by atoms with van der Waals surface area (Å²) in [5, 5.41) is 5.92. The molecule has 2 bridgehead atoms. The summed E-state index contributed by atoms with van der Waals surface area (Å²) in [4.78, 5) is 13.0. The summed E-state index contributed by atoms with van der Waals surface area (Å²) in [6, 6.07) is 7.72. The number of hydrogen-bond acceptors (Lipinski definition) is 6. The maximum absolute atomic E-state index is 14.6. The molecular formula is C24H26ClF3N5OP.